The highest BCUT2D eigenvalue weighted by Gasteiger charge is 2.04. The third kappa shape index (κ3) is 2.07. The molecular weight excluding hydrogens is 238 g/mol. The molecule has 1 aromatic carbocycles. The number of oxazole rings is 1. The number of nitrogens with one attached hydrogen (secondary N) is 2. The minimum absolute atomic E-state index is 0.0561. The second kappa shape index (κ2) is 4.06. The number of H-pyrrole nitrogens is 1. The first-order chi connectivity index (χ1) is 8.31. The zero-order chi connectivity index (χ0) is 11.7. The van der Waals surface area contributed by atoms with Gasteiger partial charge in [-0.3, -0.25) is 4.79 Å². The van der Waals surface area contributed by atoms with Crippen LogP contribution < -0.4 is 10.2 Å². The molecule has 86 valence electrons. The van der Waals surface area contributed by atoms with Crippen LogP contribution in [0.25, 0.3) is 11.1 Å². The van der Waals surface area contributed by atoms with Crippen LogP contribution in [0.3, 0.4) is 0 Å². The number of benzene rings is 1. The van der Waals surface area contributed by atoms with Gasteiger partial charge in [-0.05, 0) is 12.1 Å². The summed E-state index contributed by atoms with van der Waals surface area (Å²) in [6.07, 6.45) is 0. The minimum atomic E-state index is -0.0561. The van der Waals surface area contributed by atoms with Crippen molar-refractivity contribution in [3.63, 3.8) is 0 Å². The van der Waals surface area contributed by atoms with Gasteiger partial charge in [0, 0.05) is 11.1 Å². The lowest BCUT2D eigenvalue weighted by atomic mass is 10.3. The highest BCUT2D eigenvalue weighted by molar-refractivity contribution is 7.07. The number of anilines is 1. The van der Waals surface area contributed by atoms with E-state index >= 15 is 0 Å². The summed E-state index contributed by atoms with van der Waals surface area (Å²) in [7, 11) is 0. The SMILES string of the molecule is O=c1[nH]c(CNc2nc3ccccc3o2)cs1. The molecule has 3 aromatic rings. The molecule has 0 saturated carbocycles. The number of hydrogen-bond donors (Lipinski definition) is 2. The van der Waals surface area contributed by atoms with Gasteiger partial charge in [0.15, 0.2) is 5.58 Å². The molecule has 0 aliphatic rings. The van der Waals surface area contributed by atoms with E-state index in [0.29, 0.717) is 12.6 Å². The van der Waals surface area contributed by atoms with Crippen LogP contribution in [0.2, 0.25) is 0 Å². The summed E-state index contributed by atoms with van der Waals surface area (Å²) < 4.78 is 5.49. The molecule has 0 atom stereocenters. The molecule has 0 radical (unpaired) electrons. The second-order valence-corrected chi connectivity index (χ2v) is 4.36. The monoisotopic (exact) mass is 247 g/mol. The third-order valence-electron chi connectivity index (χ3n) is 2.29. The predicted octanol–water partition coefficient (Wildman–Crippen LogP) is 2.19. The van der Waals surface area contributed by atoms with E-state index in [1.165, 1.54) is 0 Å². The fraction of sp³-hybridized carbons (Fsp3) is 0.0909. The van der Waals surface area contributed by atoms with Gasteiger partial charge >= 0.3 is 4.87 Å². The summed E-state index contributed by atoms with van der Waals surface area (Å²) in [6, 6.07) is 8.01. The summed E-state index contributed by atoms with van der Waals surface area (Å²) >= 11 is 1.14. The van der Waals surface area contributed by atoms with E-state index in [1.807, 2.05) is 24.3 Å². The molecule has 0 spiro atoms. The van der Waals surface area contributed by atoms with Crippen LogP contribution in [0.5, 0.6) is 0 Å². The molecule has 0 aliphatic heterocycles. The highest BCUT2D eigenvalue weighted by atomic mass is 32.1. The van der Waals surface area contributed by atoms with Crippen LogP contribution in [0.4, 0.5) is 6.01 Å². The predicted molar refractivity (Wildman–Crippen MR) is 66.3 cm³/mol. The topological polar surface area (TPSA) is 70.9 Å². The zero-order valence-corrected chi connectivity index (χ0v) is 9.58. The molecule has 3 rings (SSSR count). The van der Waals surface area contributed by atoms with Gasteiger partial charge in [0.2, 0.25) is 0 Å². The van der Waals surface area contributed by atoms with E-state index in [9.17, 15) is 4.79 Å². The number of fused-ring (bicyclic) bond motifs is 1. The van der Waals surface area contributed by atoms with Gasteiger partial charge in [0.05, 0.1) is 6.54 Å². The number of rotatable bonds is 3. The van der Waals surface area contributed by atoms with Crippen molar-refractivity contribution in [3.8, 4) is 0 Å². The molecule has 5 nitrogen and oxygen atoms in total. The van der Waals surface area contributed by atoms with Gasteiger partial charge in [0.25, 0.3) is 6.01 Å². The molecule has 2 N–H and O–H groups in total. The number of thiazole rings is 1. The van der Waals surface area contributed by atoms with Crippen LogP contribution >= 0.6 is 11.3 Å². The Hall–Kier alpha value is -2.08. The van der Waals surface area contributed by atoms with Gasteiger partial charge in [-0.15, -0.1) is 0 Å². The summed E-state index contributed by atoms with van der Waals surface area (Å²) in [5.74, 6) is 0. The molecule has 0 aliphatic carbocycles. The van der Waals surface area contributed by atoms with Crippen LogP contribution in [0.15, 0.2) is 38.9 Å². The van der Waals surface area contributed by atoms with Crippen molar-refractivity contribution in [1.29, 1.82) is 0 Å². The largest absolute Gasteiger partial charge is 0.424 e. The Morgan fingerprint density at radius 2 is 2.29 bits per heavy atom. The molecule has 2 heterocycles. The standard InChI is InChI=1S/C11H9N3O2S/c15-11-13-7(6-17-11)5-12-10-14-8-3-1-2-4-9(8)16-10/h1-4,6H,5H2,(H,12,14)(H,13,15). The van der Waals surface area contributed by atoms with Gasteiger partial charge in [-0.25, -0.2) is 0 Å². The number of hydrogen-bond acceptors (Lipinski definition) is 5. The van der Waals surface area contributed by atoms with Gasteiger partial charge in [-0.2, -0.15) is 4.98 Å². The van der Waals surface area contributed by atoms with Crippen molar-refractivity contribution >= 4 is 28.5 Å². The van der Waals surface area contributed by atoms with E-state index in [-0.39, 0.29) is 4.87 Å². The van der Waals surface area contributed by atoms with Crippen molar-refractivity contribution in [2.45, 2.75) is 6.54 Å². The summed E-state index contributed by atoms with van der Waals surface area (Å²) in [5, 5.41) is 4.80. The highest BCUT2D eigenvalue weighted by Crippen LogP contribution is 2.18. The van der Waals surface area contributed by atoms with E-state index in [2.05, 4.69) is 15.3 Å². The van der Waals surface area contributed by atoms with Crippen molar-refractivity contribution in [1.82, 2.24) is 9.97 Å². The smallest absolute Gasteiger partial charge is 0.304 e. The lowest BCUT2D eigenvalue weighted by Crippen LogP contribution is -2.02. The molecule has 0 bridgehead atoms. The Kier molecular flexibility index (Phi) is 2.41. The van der Waals surface area contributed by atoms with Crippen LogP contribution in [0.1, 0.15) is 5.69 Å². The fourth-order valence-electron chi connectivity index (χ4n) is 1.52. The Bertz CT molecular complexity index is 665. The van der Waals surface area contributed by atoms with Crippen molar-refractivity contribution in [3.05, 3.63) is 45.0 Å². The molecule has 0 amide bonds. The quantitative estimate of drug-likeness (QED) is 0.744. The maximum Gasteiger partial charge on any atom is 0.304 e. The first kappa shape index (κ1) is 10.1. The van der Waals surface area contributed by atoms with Crippen molar-refractivity contribution in [2.24, 2.45) is 0 Å². The molecule has 2 aromatic heterocycles. The van der Waals surface area contributed by atoms with Crippen molar-refractivity contribution in [2.75, 3.05) is 5.32 Å². The van der Waals surface area contributed by atoms with Gasteiger partial charge in [-0.1, -0.05) is 23.5 Å². The summed E-state index contributed by atoms with van der Waals surface area (Å²) in [5.41, 5.74) is 2.38. The molecular formula is C11H9N3O2S. The Morgan fingerprint density at radius 1 is 1.41 bits per heavy atom. The number of aromatic nitrogens is 2. The molecule has 0 fully saturated rings. The molecule has 6 heteroatoms. The average Bonchev–Trinajstić information content (AvgIpc) is 2.91. The molecule has 0 unspecified atom stereocenters. The van der Waals surface area contributed by atoms with Crippen LogP contribution in [-0.2, 0) is 6.54 Å². The summed E-state index contributed by atoms with van der Waals surface area (Å²) in [6.45, 7) is 0.492. The maximum atomic E-state index is 10.9. The number of aromatic amines is 1. The van der Waals surface area contributed by atoms with E-state index in [1.54, 1.807) is 5.38 Å². The number of nitrogens with zero attached hydrogens (tertiary/aromatic N) is 1. The first-order valence-electron chi connectivity index (χ1n) is 5.07. The Morgan fingerprint density at radius 3 is 3.06 bits per heavy atom. The lowest BCUT2D eigenvalue weighted by molar-refractivity contribution is 0.614. The number of para-hydroxylation sites is 2. The maximum absolute atomic E-state index is 10.9. The minimum Gasteiger partial charge on any atom is -0.424 e. The van der Waals surface area contributed by atoms with Crippen LogP contribution in [-0.4, -0.2) is 9.97 Å². The van der Waals surface area contributed by atoms with E-state index in [0.717, 1.165) is 28.1 Å². The summed E-state index contributed by atoms with van der Waals surface area (Å²) in [4.78, 5) is 17.9. The Labute approximate surface area is 100 Å². The van der Waals surface area contributed by atoms with E-state index in [4.69, 9.17) is 4.42 Å². The first-order valence-corrected chi connectivity index (χ1v) is 5.95. The molecule has 17 heavy (non-hydrogen) atoms. The van der Waals surface area contributed by atoms with Crippen LogP contribution in [0, 0.1) is 0 Å². The van der Waals surface area contributed by atoms with E-state index < -0.39 is 0 Å². The fourth-order valence-corrected chi connectivity index (χ4v) is 2.10. The Balaban J connectivity index is 1.78. The van der Waals surface area contributed by atoms with Gasteiger partial charge in [0.1, 0.15) is 5.52 Å². The lowest BCUT2D eigenvalue weighted by Gasteiger charge is -1.97. The zero-order valence-electron chi connectivity index (χ0n) is 8.77. The van der Waals surface area contributed by atoms with Crippen molar-refractivity contribution < 1.29 is 4.42 Å². The average molecular weight is 247 g/mol. The normalized spacial score (nSPS) is 10.8. The second-order valence-electron chi connectivity index (χ2n) is 3.51. The van der Waals surface area contributed by atoms with Gasteiger partial charge < -0.3 is 14.7 Å². The third-order valence-corrected chi connectivity index (χ3v) is 3.01. The molecule has 0 saturated heterocycles.